The van der Waals surface area contributed by atoms with E-state index in [1.54, 1.807) is 42.8 Å². The van der Waals surface area contributed by atoms with Crippen molar-refractivity contribution in [2.45, 2.75) is 0 Å². The maximum Gasteiger partial charge on any atom is 0.336 e. The first-order valence-electron chi connectivity index (χ1n) is 4.68. The fraction of sp³-hybridized carbons (Fsp3) is 0.182. The molecule has 0 spiro atoms. The lowest BCUT2D eigenvalue weighted by Gasteiger charge is -2.03. The molecule has 0 aliphatic heterocycles. The quantitative estimate of drug-likeness (QED) is 0.356. The Kier molecular flexibility index (Phi) is 5.24. The highest BCUT2D eigenvalue weighted by atomic mass is 32.2. The number of carbonyl (C=O) groups is 1. The first-order chi connectivity index (χ1) is 8.11. The van der Waals surface area contributed by atoms with Crippen molar-refractivity contribution in [3.05, 3.63) is 55.9 Å². The van der Waals surface area contributed by atoms with Crippen molar-refractivity contribution in [3.8, 4) is 0 Å². The molecule has 0 amide bonds. The summed E-state index contributed by atoms with van der Waals surface area (Å²) in [6.45, 7) is 0. The predicted octanol–water partition coefficient (Wildman–Crippen LogP) is 3.04. The number of Topliss-reactive ketones (excluding diaryl/α,β-unsaturated/α-hetero) is 1. The van der Waals surface area contributed by atoms with Crippen LogP contribution in [-0.2, 0) is 0 Å². The normalized spacial score (nSPS) is 9.76. The molecule has 1 rings (SSSR count). The predicted molar refractivity (Wildman–Crippen MR) is 71.8 cm³/mol. The van der Waals surface area contributed by atoms with Gasteiger partial charge in [0.2, 0.25) is 0 Å². The fourth-order valence-electron chi connectivity index (χ4n) is 1.25. The van der Waals surface area contributed by atoms with E-state index in [0.717, 1.165) is 0 Å². The number of nitro groups is 1. The first-order valence-corrected chi connectivity index (χ1v) is 7.13. The minimum Gasteiger partial charge on any atom is -0.281 e. The van der Waals surface area contributed by atoms with Gasteiger partial charge in [-0.15, -0.1) is 23.5 Å². The molecule has 0 radical (unpaired) electrons. The molecule has 1 aromatic rings. The van der Waals surface area contributed by atoms with Gasteiger partial charge in [-0.2, -0.15) is 0 Å². The van der Waals surface area contributed by atoms with Crippen molar-refractivity contribution in [3.63, 3.8) is 0 Å². The van der Waals surface area contributed by atoms with Gasteiger partial charge in [-0.05, 0) is 12.5 Å². The molecule has 0 N–H and O–H groups in total. The molecule has 0 unspecified atom stereocenters. The molecule has 6 heteroatoms. The molecule has 0 atom stereocenters. The van der Waals surface area contributed by atoms with Gasteiger partial charge in [0.25, 0.3) is 5.78 Å². The highest BCUT2D eigenvalue weighted by molar-refractivity contribution is 8.21. The molecule has 0 bridgehead atoms. The SMILES string of the molecule is CSC(SC)=C(C(=O)c1ccccc1)[N+](=O)[O-]. The third kappa shape index (κ3) is 3.34. The summed E-state index contributed by atoms with van der Waals surface area (Å²) >= 11 is 2.42. The molecule has 0 saturated heterocycles. The zero-order valence-corrected chi connectivity index (χ0v) is 11.0. The molecule has 17 heavy (non-hydrogen) atoms. The number of allylic oxidation sites excluding steroid dienone is 1. The third-order valence-electron chi connectivity index (χ3n) is 2.00. The minimum atomic E-state index is -0.613. The lowest BCUT2D eigenvalue weighted by molar-refractivity contribution is -0.416. The van der Waals surface area contributed by atoms with Crippen molar-refractivity contribution in [1.82, 2.24) is 0 Å². The van der Waals surface area contributed by atoms with Gasteiger partial charge in [0.05, 0.1) is 4.92 Å². The number of ketones is 1. The molecule has 4 nitrogen and oxygen atoms in total. The van der Waals surface area contributed by atoms with E-state index >= 15 is 0 Å². The summed E-state index contributed by atoms with van der Waals surface area (Å²) in [7, 11) is 0. The van der Waals surface area contributed by atoms with Crippen LogP contribution in [0.5, 0.6) is 0 Å². The van der Waals surface area contributed by atoms with Crippen molar-refractivity contribution >= 4 is 29.3 Å². The Morgan fingerprint density at radius 1 is 1.18 bits per heavy atom. The summed E-state index contributed by atoms with van der Waals surface area (Å²) in [6.07, 6.45) is 3.43. The molecule has 0 aromatic heterocycles. The van der Waals surface area contributed by atoms with Gasteiger partial charge in [-0.25, -0.2) is 0 Å². The van der Waals surface area contributed by atoms with E-state index in [1.165, 1.54) is 23.5 Å². The molecular formula is C11H11NO3S2. The van der Waals surface area contributed by atoms with Gasteiger partial charge >= 0.3 is 5.70 Å². The number of benzene rings is 1. The first kappa shape index (κ1) is 13.8. The smallest absolute Gasteiger partial charge is 0.281 e. The summed E-state index contributed by atoms with van der Waals surface area (Å²) in [5.74, 6) is -0.547. The molecule has 90 valence electrons. The zero-order valence-electron chi connectivity index (χ0n) is 9.38. The van der Waals surface area contributed by atoms with E-state index in [-0.39, 0.29) is 5.70 Å². The minimum absolute atomic E-state index is 0.333. The third-order valence-corrected chi connectivity index (χ3v) is 4.13. The van der Waals surface area contributed by atoms with Gasteiger partial charge in [-0.1, -0.05) is 30.3 Å². The summed E-state index contributed by atoms with van der Waals surface area (Å²) in [6, 6.07) is 8.27. The summed E-state index contributed by atoms with van der Waals surface area (Å²) in [4.78, 5) is 22.4. The Balaban J connectivity index is 3.23. The van der Waals surface area contributed by atoms with Gasteiger partial charge < -0.3 is 0 Å². The molecule has 0 fully saturated rings. The van der Waals surface area contributed by atoms with E-state index in [4.69, 9.17) is 0 Å². The van der Waals surface area contributed by atoms with Crippen LogP contribution in [0.15, 0.2) is 40.3 Å². The van der Waals surface area contributed by atoms with Crippen LogP contribution < -0.4 is 0 Å². The van der Waals surface area contributed by atoms with Crippen molar-refractivity contribution in [2.24, 2.45) is 0 Å². The lowest BCUT2D eigenvalue weighted by atomic mass is 10.1. The zero-order chi connectivity index (χ0) is 12.8. The second-order valence-electron chi connectivity index (χ2n) is 3.00. The number of rotatable bonds is 5. The number of hydrogen-bond donors (Lipinski definition) is 0. The van der Waals surface area contributed by atoms with Gasteiger partial charge in [0.15, 0.2) is 0 Å². The Bertz CT molecular complexity index is 451. The van der Waals surface area contributed by atoms with Gasteiger partial charge in [0.1, 0.15) is 4.24 Å². The Labute approximate surface area is 108 Å². The highest BCUT2D eigenvalue weighted by Gasteiger charge is 2.27. The van der Waals surface area contributed by atoms with Gasteiger partial charge in [-0.3, -0.25) is 14.9 Å². The molecule has 1 aromatic carbocycles. The maximum absolute atomic E-state index is 12.0. The Hall–Kier alpha value is -1.27. The monoisotopic (exact) mass is 269 g/mol. The van der Waals surface area contributed by atoms with Crippen LogP contribution in [0.2, 0.25) is 0 Å². The number of carbonyl (C=O) groups excluding carboxylic acids is 1. The Morgan fingerprint density at radius 3 is 2.12 bits per heavy atom. The van der Waals surface area contributed by atoms with E-state index in [9.17, 15) is 14.9 Å². The van der Waals surface area contributed by atoms with Crippen LogP contribution in [0, 0.1) is 10.1 Å². The van der Waals surface area contributed by atoms with Crippen LogP contribution in [0.4, 0.5) is 0 Å². The molecule has 0 heterocycles. The second kappa shape index (κ2) is 6.46. The average molecular weight is 269 g/mol. The molecular weight excluding hydrogens is 258 g/mol. The molecule has 0 aliphatic carbocycles. The Morgan fingerprint density at radius 2 is 1.71 bits per heavy atom. The summed E-state index contributed by atoms with van der Waals surface area (Å²) in [5, 5.41) is 11.0. The second-order valence-corrected chi connectivity index (χ2v) is 4.89. The topological polar surface area (TPSA) is 60.2 Å². The van der Waals surface area contributed by atoms with E-state index in [2.05, 4.69) is 0 Å². The summed E-state index contributed by atoms with van der Waals surface area (Å²) < 4.78 is 0.420. The van der Waals surface area contributed by atoms with Crippen molar-refractivity contribution in [2.75, 3.05) is 12.5 Å². The number of thioether (sulfide) groups is 2. The van der Waals surface area contributed by atoms with E-state index < -0.39 is 10.7 Å². The standard InChI is InChI=1S/C11H11NO3S2/c1-16-11(17-2)9(12(14)15)10(13)8-6-4-3-5-7-8/h3-7H,1-2H3. The van der Waals surface area contributed by atoms with Crippen LogP contribution in [0.25, 0.3) is 0 Å². The van der Waals surface area contributed by atoms with Crippen molar-refractivity contribution in [1.29, 1.82) is 0 Å². The number of nitrogens with zero attached hydrogens (tertiary/aromatic N) is 1. The van der Waals surface area contributed by atoms with Crippen LogP contribution in [-0.4, -0.2) is 23.2 Å². The maximum atomic E-state index is 12.0. The number of hydrogen-bond acceptors (Lipinski definition) is 5. The van der Waals surface area contributed by atoms with Crippen LogP contribution in [0.1, 0.15) is 10.4 Å². The summed E-state index contributed by atoms with van der Waals surface area (Å²) in [5.41, 5.74) is -0.0176. The van der Waals surface area contributed by atoms with E-state index in [1.807, 2.05) is 0 Å². The molecule has 0 saturated carbocycles. The largest absolute Gasteiger partial charge is 0.336 e. The fourth-order valence-corrected chi connectivity index (χ4v) is 2.64. The van der Waals surface area contributed by atoms with Crippen LogP contribution in [0.3, 0.4) is 0 Å². The lowest BCUT2D eigenvalue weighted by Crippen LogP contribution is -2.13. The van der Waals surface area contributed by atoms with Crippen molar-refractivity contribution < 1.29 is 9.72 Å². The van der Waals surface area contributed by atoms with Crippen LogP contribution >= 0.6 is 23.5 Å². The van der Waals surface area contributed by atoms with E-state index in [0.29, 0.717) is 9.80 Å². The highest BCUT2D eigenvalue weighted by Crippen LogP contribution is 2.29. The molecule has 0 aliphatic rings. The average Bonchev–Trinajstić information content (AvgIpc) is 2.35. The van der Waals surface area contributed by atoms with Gasteiger partial charge in [0, 0.05) is 5.56 Å².